The molecular formula is C15H16O6. The lowest BCUT2D eigenvalue weighted by Crippen LogP contribution is -2.28. The van der Waals surface area contributed by atoms with E-state index in [4.69, 9.17) is 18.9 Å². The number of ether oxygens (including phenoxy) is 4. The third-order valence-corrected chi connectivity index (χ3v) is 2.94. The van der Waals surface area contributed by atoms with Gasteiger partial charge in [-0.05, 0) is 29.8 Å². The van der Waals surface area contributed by atoms with Gasteiger partial charge in [0.25, 0.3) is 0 Å². The van der Waals surface area contributed by atoms with E-state index in [0.29, 0.717) is 17.1 Å². The Hall–Kier alpha value is -2.34. The highest BCUT2D eigenvalue weighted by Gasteiger charge is 2.29. The van der Waals surface area contributed by atoms with E-state index < -0.39 is 18.4 Å². The van der Waals surface area contributed by atoms with Crippen molar-refractivity contribution >= 4 is 11.8 Å². The van der Waals surface area contributed by atoms with Crippen LogP contribution < -0.4 is 9.47 Å². The van der Waals surface area contributed by atoms with Gasteiger partial charge >= 0.3 is 5.97 Å². The zero-order valence-electron chi connectivity index (χ0n) is 12.0. The molecule has 0 radical (unpaired) electrons. The van der Waals surface area contributed by atoms with Crippen molar-refractivity contribution in [2.45, 2.75) is 19.3 Å². The second-order valence-electron chi connectivity index (χ2n) is 4.37. The Labute approximate surface area is 122 Å². The smallest absolute Gasteiger partial charge is 0.305 e. The van der Waals surface area contributed by atoms with Crippen LogP contribution in [0.25, 0.3) is 0 Å². The van der Waals surface area contributed by atoms with E-state index in [1.54, 1.807) is 18.2 Å². The number of hydrogen-bond acceptors (Lipinski definition) is 6. The summed E-state index contributed by atoms with van der Waals surface area (Å²) >= 11 is 0. The molecule has 1 aromatic rings. The lowest BCUT2D eigenvalue weighted by molar-refractivity contribution is -0.180. The van der Waals surface area contributed by atoms with Crippen molar-refractivity contribution in [3.63, 3.8) is 0 Å². The Kier molecular flexibility index (Phi) is 4.59. The van der Waals surface area contributed by atoms with Crippen LogP contribution in [0.4, 0.5) is 0 Å². The minimum absolute atomic E-state index is 0.231. The summed E-state index contributed by atoms with van der Waals surface area (Å²) in [4.78, 5) is 22.9. The van der Waals surface area contributed by atoms with E-state index in [2.05, 4.69) is 0 Å². The SMILES string of the molecule is COc1ccc(C2OC(OC(C)=O)C=CC2=O)cc1OC. The average Bonchev–Trinajstić information content (AvgIpc) is 2.48. The Morgan fingerprint density at radius 3 is 2.52 bits per heavy atom. The standard InChI is InChI=1S/C15H16O6/c1-9(16)20-14-7-5-11(17)15(21-14)10-4-6-12(18-2)13(8-10)19-3/h4-8,14-15H,1-3H3. The first-order chi connectivity index (χ1) is 10.0. The molecule has 0 saturated heterocycles. The summed E-state index contributed by atoms with van der Waals surface area (Å²) in [7, 11) is 3.03. The van der Waals surface area contributed by atoms with Crippen molar-refractivity contribution in [1.29, 1.82) is 0 Å². The number of rotatable bonds is 4. The molecule has 0 aliphatic carbocycles. The Bertz CT molecular complexity index is 578. The van der Waals surface area contributed by atoms with E-state index in [-0.39, 0.29) is 5.78 Å². The van der Waals surface area contributed by atoms with Crippen molar-refractivity contribution in [1.82, 2.24) is 0 Å². The molecule has 0 spiro atoms. The highest BCUT2D eigenvalue weighted by atomic mass is 16.7. The lowest BCUT2D eigenvalue weighted by atomic mass is 10.0. The van der Waals surface area contributed by atoms with Gasteiger partial charge in [0, 0.05) is 6.92 Å². The van der Waals surface area contributed by atoms with Crippen LogP contribution in [-0.2, 0) is 19.1 Å². The molecule has 6 heteroatoms. The van der Waals surface area contributed by atoms with Gasteiger partial charge in [0.2, 0.25) is 6.29 Å². The van der Waals surface area contributed by atoms with E-state index >= 15 is 0 Å². The molecule has 0 aromatic heterocycles. The summed E-state index contributed by atoms with van der Waals surface area (Å²) in [6.07, 6.45) is 1.02. The highest BCUT2D eigenvalue weighted by Crippen LogP contribution is 2.33. The molecule has 1 aromatic carbocycles. The summed E-state index contributed by atoms with van der Waals surface area (Å²) in [6, 6.07) is 5.04. The molecule has 2 rings (SSSR count). The molecule has 0 N–H and O–H groups in total. The maximum absolute atomic E-state index is 12.0. The zero-order valence-corrected chi connectivity index (χ0v) is 12.0. The lowest BCUT2D eigenvalue weighted by Gasteiger charge is -2.25. The largest absolute Gasteiger partial charge is 0.493 e. The topological polar surface area (TPSA) is 71.1 Å². The second-order valence-corrected chi connectivity index (χ2v) is 4.37. The molecule has 0 saturated carbocycles. The van der Waals surface area contributed by atoms with Crippen molar-refractivity contribution in [2.24, 2.45) is 0 Å². The normalized spacial score (nSPS) is 21.0. The number of methoxy groups -OCH3 is 2. The maximum atomic E-state index is 12.0. The maximum Gasteiger partial charge on any atom is 0.305 e. The number of benzene rings is 1. The first-order valence-electron chi connectivity index (χ1n) is 6.31. The van der Waals surface area contributed by atoms with E-state index in [9.17, 15) is 9.59 Å². The van der Waals surface area contributed by atoms with Crippen molar-refractivity contribution in [3.05, 3.63) is 35.9 Å². The van der Waals surface area contributed by atoms with Gasteiger partial charge in [-0.1, -0.05) is 6.07 Å². The number of carbonyl (C=O) groups excluding carboxylic acids is 2. The molecule has 1 heterocycles. The fourth-order valence-electron chi connectivity index (χ4n) is 2.00. The highest BCUT2D eigenvalue weighted by molar-refractivity contribution is 5.95. The molecule has 1 aliphatic rings. The van der Waals surface area contributed by atoms with Crippen LogP contribution in [-0.4, -0.2) is 32.3 Å². The molecule has 112 valence electrons. The predicted octanol–water partition coefficient (Wildman–Crippen LogP) is 1.79. The monoisotopic (exact) mass is 292 g/mol. The van der Waals surface area contributed by atoms with Crippen molar-refractivity contribution in [3.8, 4) is 11.5 Å². The van der Waals surface area contributed by atoms with Gasteiger partial charge in [0.1, 0.15) is 6.10 Å². The van der Waals surface area contributed by atoms with Crippen molar-refractivity contribution in [2.75, 3.05) is 14.2 Å². The van der Waals surface area contributed by atoms with Gasteiger partial charge in [-0.2, -0.15) is 0 Å². The molecule has 6 nitrogen and oxygen atoms in total. The van der Waals surface area contributed by atoms with Crippen LogP contribution in [0.1, 0.15) is 18.6 Å². The summed E-state index contributed by atoms with van der Waals surface area (Å²) in [5, 5.41) is 0. The molecule has 2 atom stereocenters. The van der Waals surface area contributed by atoms with Gasteiger partial charge in [-0.25, -0.2) is 0 Å². The number of carbonyl (C=O) groups is 2. The van der Waals surface area contributed by atoms with Crippen LogP contribution in [0.5, 0.6) is 11.5 Å². The number of hydrogen-bond donors (Lipinski definition) is 0. The number of ketones is 1. The van der Waals surface area contributed by atoms with E-state index in [0.717, 1.165) is 0 Å². The Morgan fingerprint density at radius 2 is 1.90 bits per heavy atom. The van der Waals surface area contributed by atoms with E-state index in [1.807, 2.05) is 0 Å². The second kappa shape index (κ2) is 6.41. The third kappa shape index (κ3) is 3.41. The summed E-state index contributed by atoms with van der Waals surface area (Å²) in [5.41, 5.74) is 0.596. The van der Waals surface area contributed by atoms with Crippen LogP contribution in [0.3, 0.4) is 0 Å². The molecular weight excluding hydrogens is 276 g/mol. The average molecular weight is 292 g/mol. The molecule has 0 bridgehead atoms. The van der Waals surface area contributed by atoms with Gasteiger partial charge in [-0.15, -0.1) is 0 Å². The van der Waals surface area contributed by atoms with Gasteiger partial charge in [0.15, 0.2) is 17.3 Å². The third-order valence-electron chi connectivity index (χ3n) is 2.94. The molecule has 1 aliphatic heterocycles. The first-order valence-corrected chi connectivity index (χ1v) is 6.31. The van der Waals surface area contributed by atoms with Gasteiger partial charge < -0.3 is 18.9 Å². The molecule has 0 fully saturated rings. The fraction of sp³-hybridized carbons (Fsp3) is 0.333. The quantitative estimate of drug-likeness (QED) is 0.788. The Morgan fingerprint density at radius 1 is 1.19 bits per heavy atom. The van der Waals surface area contributed by atoms with Crippen LogP contribution in [0, 0.1) is 0 Å². The number of esters is 1. The first kappa shape index (κ1) is 15.1. The van der Waals surface area contributed by atoms with E-state index in [1.165, 1.54) is 33.3 Å². The molecule has 2 unspecified atom stereocenters. The predicted molar refractivity (Wildman–Crippen MR) is 73.1 cm³/mol. The Balaban J connectivity index is 2.26. The van der Waals surface area contributed by atoms with Crippen LogP contribution in [0.2, 0.25) is 0 Å². The zero-order chi connectivity index (χ0) is 15.4. The fourth-order valence-corrected chi connectivity index (χ4v) is 2.00. The summed E-state index contributed by atoms with van der Waals surface area (Å²) in [6.45, 7) is 1.28. The van der Waals surface area contributed by atoms with Gasteiger partial charge in [0.05, 0.1) is 14.2 Å². The minimum Gasteiger partial charge on any atom is -0.493 e. The van der Waals surface area contributed by atoms with Gasteiger partial charge in [-0.3, -0.25) is 9.59 Å². The van der Waals surface area contributed by atoms with Crippen LogP contribution >= 0.6 is 0 Å². The summed E-state index contributed by atoms with van der Waals surface area (Å²) < 4.78 is 20.8. The minimum atomic E-state index is -0.877. The van der Waals surface area contributed by atoms with Crippen LogP contribution in [0.15, 0.2) is 30.4 Å². The summed E-state index contributed by atoms with van der Waals surface area (Å²) in [5.74, 6) is 0.331. The molecule has 21 heavy (non-hydrogen) atoms. The molecule has 0 amide bonds. The van der Waals surface area contributed by atoms with Crippen molar-refractivity contribution < 1.29 is 28.5 Å².